The number of aryl methyl sites for hydroxylation is 2. The van der Waals surface area contributed by atoms with Gasteiger partial charge in [0.25, 0.3) is 5.91 Å². The lowest BCUT2D eigenvalue weighted by Gasteiger charge is -2.11. The third-order valence-electron chi connectivity index (χ3n) is 3.36. The first-order chi connectivity index (χ1) is 10.6. The summed E-state index contributed by atoms with van der Waals surface area (Å²) in [7, 11) is 0. The van der Waals surface area contributed by atoms with Gasteiger partial charge in [0.1, 0.15) is 0 Å². The maximum atomic E-state index is 12.0. The van der Waals surface area contributed by atoms with Gasteiger partial charge in [0.05, 0.1) is 4.88 Å². The number of rotatable bonds is 6. The smallest absolute Gasteiger partial charge is 0.261 e. The van der Waals surface area contributed by atoms with E-state index in [1.807, 2.05) is 43.5 Å². The first-order valence-electron chi connectivity index (χ1n) is 7.25. The molecule has 1 heterocycles. The van der Waals surface area contributed by atoms with Crippen LogP contribution in [0.25, 0.3) is 0 Å². The van der Waals surface area contributed by atoms with E-state index in [4.69, 9.17) is 0 Å². The Balaban J connectivity index is 1.73. The maximum Gasteiger partial charge on any atom is 0.261 e. The van der Waals surface area contributed by atoms with Crippen LogP contribution in [0, 0.1) is 13.8 Å². The number of carbonyl (C=O) groups excluding carboxylic acids is 2. The van der Waals surface area contributed by atoms with E-state index in [0.717, 1.165) is 16.8 Å². The van der Waals surface area contributed by atoms with Crippen molar-refractivity contribution >= 4 is 28.8 Å². The van der Waals surface area contributed by atoms with Crippen molar-refractivity contribution in [1.82, 2.24) is 5.32 Å². The topological polar surface area (TPSA) is 58.2 Å². The number of thiophene rings is 1. The Bertz CT molecular complexity index is 630. The summed E-state index contributed by atoms with van der Waals surface area (Å²) in [4.78, 5) is 24.4. The van der Waals surface area contributed by atoms with Crippen LogP contribution in [0.5, 0.6) is 0 Å². The van der Waals surface area contributed by atoms with Crippen molar-refractivity contribution in [3.05, 3.63) is 51.7 Å². The van der Waals surface area contributed by atoms with Gasteiger partial charge in [-0.15, -0.1) is 11.3 Å². The molecular formula is C17H20N2O2S. The van der Waals surface area contributed by atoms with Gasteiger partial charge in [0.15, 0.2) is 0 Å². The van der Waals surface area contributed by atoms with Crippen LogP contribution < -0.4 is 10.6 Å². The average Bonchev–Trinajstić information content (AvgIpc) is 3.02. The molecule has 22 heavy (non-hydrogen) atoms. The summed E-state index contributed by atoms with van der Waals surface area (Å²) in [5.74, 6) is -0.104. The summed E-state index contributed by atoms with van der Waals surface area (Å²) in [6, 6.07) is 9.55. The molecule has 0 spiro atoms. The van der Waals surface area contributed by atoms with Crippen molar-refractivity contribution in [3.8, 4) is 0 Å². The lowest BCUT2D eigenvalue weighted by Crippen LogP contribution is -2.24. The standard InChI is InChI=1S/C17H20N2O2S/c1-12-6-3-7-13(2)16(12)19-15(20)9-4-10-18-17(21)14-8-5-11-22-14/h3,5-8,11H,4,9-10H2,1-2H3,(H,18,21)(H,19,20). The predicted molar refractivity (Wildman–Crippen MR) is 90.4 cm³/mol. The number of benzene rings is 1. The molecule has 2 amide bonds. The minimum atomic E-state index is -0.0786. The second-order valence-corrected chi connectivity index (χ2v) is 6.10. The molecule has 0 aliphatic heterocycles. The van der Waals surface area contributed by atoms with Crippen LogP contribution in [0.3, 0.4) is 0 Å². The molecule has 1 aromatic carbocycles. The fourth-order valence-corrected chi connectivity index (χ4v) is 2.80. The Hall–Kier alpha value is -2.14. The molecule has 0 unspecified atom stereocenters. The zero-order valence-electron chi connectivity index (χ0n) is 12.8. The normalized spacial score (nSPS) is 10.3. The Labute approximate surface area is 134 Å². The van der Waals surface area contributed by atoms with Crippen LogP contribution in [-0.2, 0) is 4.79 Å². The number of hydrogen-bond donors (Lipinski definition) is 2. The number of amides is 2. The van der Waals surface area contributed by atoms with Gasteiger partial charge in [0, 0.05) is 18.7 Å². The molecule has 2 aromatic rings. The van der Waals surface area contributed by atoms with Crippen molar-refractivity contribution in [2.24, 2.45) is 0 Å². The number of nitrogens with one attached hydrogen (secondary N) is 2. The summed E-state index contributed by atoms with van der Waals surface area (Å²) in [6.07, 6.45) is 1.01. The van der Waals surface area contributed by atoms with Crippen LogP contribution in [0.1, 0.15) is 33.6 Å². The van der Waals surface area contributed by atoms with E-state index < -0.39 is 0 Å². The van der Waals surface area contributed by atoms with Gasteiger partial charge in [-0.25, -0.2) is 0 Å². The SMILES string of the molecule is Cc1cccc(C)c1NC(=O)CCCNC(=O)c1cccs1. The third kappa shape index (κ3) is 4.43. The molecule has 0 aliphatic carbocycles. The minimum absolute atomic E-state index is 0.0252. The summed E-state index contributed by atoms with van der Waals surface area (Å²) in [6.45, 7) is 4.45. The van der Waals surface area contributed by atoms with E-state index >= 15 is 0 Å². The molecule has 5 heteroatoms. The average molecular weight is 316 g/mol. The van der Waals surface area contributed by atoms with E-state index in [9.17, 15) is 9.59 Å². The number of para-hydroxylation sites is 1. The van der Waals surface area contributed by atoms with E-state index in [2.05, 4.69) is 10.6 Å². The molecule has 0 saturated heterocycles. The van der Waals surface area contributed by atoms with Gasteiger partial charge < -0.3 is 10.6 Å². The van der Waals surface area contributed by atoms with E-state index in [0.29, 0.717) is 24.3 Å². The van der Waals surface area contributed by atoms with Crippen LogP contribution in [0.15, 0.2) is 35.7 Å². The molecule has 1 aromatic heterocycles. The summed E-state index contributed by atoms with van der Waals surface area (Å²) in [5.41, 5.74) is 2.99. The minimum Gasteiger partial charge on any atom is -0.351 e. The summed E-state index contributed by atoms with van der Waals surface area (Å²) < 4.78 is 0. The quantitative estimate of drug-likeness (QED) is 0.801. The lowest BCUT2D eigenvalue weighted by molar-refractivity contribution is -0.116. The van der Waals surface area contributed by atoms with Crippen LogP contribution >= 0.6 is 11.3 Å². The first-order valence-corrected chi connectivity index (χ1v) is 8.13. The van der Waals surface area contributed by atoms with Gasteiger partial charge in [0.2, 0.25) is 5.91 Å². The molecule has 0 saturated carbocycles. The zero-order chi connectivity index (χ0) is 15.9. The Morgan fingerprint density at radius 3 is 2.45 bits per heavy atom. The van der Waals surface area contributed by atoms with E-state index in [1.165, 1.54) is 11.3 Å². The highest BCUT2D eigenvalue weighted by atomic mass is 32.1. The second kappa shape index (κ2) is 7.75. The molecule has 116 valence electrons. The van der Waals surface area contributed by atoms with Crippen LogP contribution in [0.4, 0.5) is 5.69 Å². The summed E-state index contributed by atoms with van der Waals surface area (Å²) >= 11 is 1.41. The van der Waals surface area contributed by atoms with E-state index in [-0.39, 0.29) is 11.8 Å². The Morgan fingerprint density at radius 1 is 1.09 bits per heavy atom. The fourth-order valence-electron chi connectivity index (χ4n) is 2.16. The fraction of sp³-hybridized carbons (Fsp3) is 0.294. The predicted octanol–water partition coefficient (Wildman–Crippen LogP) is 3.51. The molecule has 0 radical (unpaired) electrons. The molecule has 0 aliphatic rings. The van der Waals surface area contributed by atoms with Gasteiger partial charge >= 0.3 is 0 Å². The molecule has 2 rings (SSSR count). The van der Waals surface area contributed by atoms with Gasteiger partial charge in [-0.05, 0) is 42.8 Å². The highest BCUT2D eigenvalue weighted by molar-refractivity contribution is 7.12. The molecule has 0 atom stereocenters. The largest absolute Gasteiger partial charge is 0.351 e. The maximum absolute atomic E-state index is 12.0. The van der Waals surface area contributed by atoms with Crippen molar-refractivity contribution in [2.75, 3.05) is 11.9 Å². The molecule has 0 bridgehead atoms. The second-order valence-electron chi connectivity index (χ2n) is 5.15. The van der Waals surface area contributed by atoms with Crippen molar-refractivity contribution in [2.45, 2.75) is 26.7 Å². The summed E-state index contributed by atoms with van der Waals surface area (Å²) in [5, 5.41) is 7.63. The van der Waals surface area contributed by atoms with Gasteiger partial charge in [-0.3, -0.25) is 9.59 Å². The number of anilines is 1. The monoisotopic (exact) mass is 316 g/mol. The van der Waals surface area contributed by atoms with Crippen molar-refractivity contribution in [1.29, 1.82) is 0 Å². The zero-order valence-corrected chi connectivity index (χ0v) is 13.6. The highest BCUT2D eigenvalue weighted by Crippen LogP contribution is 2.19. The molecule has 4 nitrogen and oxygen atoms in total. The lowest BCUT2D eigenvalue weighted by atomic mass is 10.1. The van der Waals surface area contributed by atoms with Crippen molar-refractivity contribution in [3.63, 3.8) is 0 Å². The van der Waals surface area contributed by atoms with Crippen molar-refractivity contribution < 1.29 is 9.59 Å². The molecule has 0 fully saturated rings. The first kappa shape index (κ1) is 16.2. The number of hydrogen-bond acceptors (Lipinski definition) is 3. The van der Waals surface area contributed by atoms with E-state index in [1.54, 1.807) is 6.07 Å². The van der Waals surface area contributed by atoms with Gasteiger partial charge in [-0.2, -0.15) is 0 Å². The van der Waals surface area contributed by atoms with Crippen LogP contribution in [-0.4, -0.2) is 18.4 Å². The van der Waals surface area contributed by atoms with Gasteiger partial charge in [-0.1, -0.05) is 24.3 Å². The molecular weight excluding hydrogens is 296 g/mol. The Kier molecular flexibility index (Phi) is 5.72. The highest BCUT2D eigenvalue weighted by Gasteiger charge is 2.08. The van der Waals surface area contributed by atoms with Crippen LogP contribution in [0.2, 0.25) is 0 Å². The Morgan fingerprint density at radius 2 is 1.82 bits per heavy atom. The number of carbonyl (C=O) groups is 2. The molecule has 2 N–H and O–H groups in total. The third-order valence-corrected chi connectivity index (χ3v) is 4.23.